The first-order valence-electron chi connectivity index (χ1n) is 16.5. The van der Waals surface area contributed by atoms with Crippen LogP contribution in [0.4, 0.5) is 0 Å². The smallest absolute Gasteiger partial charge is 0.0686 e. The molecule has 6 aliphatic rings. The van der Waals surface area contributed by atoms with Gasteiger partial charge in [0.25, 0.3) is 0 Å². The van der Waals surface area contributed by atoms with Crippen LogP contribution in [0.5, 0.6) is 0 Å². The van der Waals surface area contributed by atoms with E-state index in [0.717, 1.165) is 54.3 Å². The molecular formula is C32H56N6. The Balaban J connectivity index is 1.10. The van der Waals surface area contributed by atoms with Crippen LogP contribution in [-0.4, -0.2) is 61.9 Å². The van der Waals surface area contributed by atoms with E-state index in [2.05, 4.69) is 53.3 Å². The summed E-state index contributed by atoms with van der Waals surface area (Å²) in [6.45, 7) is 7.85. The lowest BCUT2D eigenvalue weighted by Crippen LogP contribution is -2.59. The predicted molar refractivity (Wildman–Crippen MR) is 154 cm³/mol. The molecule has 0 bridgehead atoms. The Morgan fingerprint density at radius 2 is 1.58 bits per heavy atom. The number of hydrazine groups is 1. The van der Waals surface area contributed by atoms with E-state index in [1.54, 1.807) is 0 Å². The van der Waals surface area contributed by atoms with Crippen LogP contribution in [0, 0.1) is 52.3 Å². The van der Waals surface area contributed by atoms with Gasteiger partial charge in [-0.15, -0.1) is 0 Å². The molecule has 8 atom stereocenters. The number of hydrogen-bond acceptors (Lipinski definition) is 6. The zero-order chi connectivity index (χ0) is 26.3. The summed E-state index contributed by atoms with van der Waals surface area (Å²) in [6.07, 6.45) is 17.7. The summed E-state index contributed by atoms with van der Waals surface area (Å²) in [5, 5.41) is 23.9. The molecule has 8 unspecified atom stereocenters. The SMILES string of the molecule is CN1NC(C2CCC(C(C)(C)C#N)CC2)C2C3CC(C4CCCC(NC5CCNCC5)C4)CCC3NCC21. The van der Waals surface area contributed by atoms with Gasteiger partial charge in [-0.2, -0.15) is 5.26 Å². The molecule has 0 aromatic carbocycles. The Morgan fingerprint density at radius 3 is 2.34 bits per heavy atom. The molecule has 3 saturated carbocycles. The highest BCUT2D eigenvalue weighted by molar-refractivity contribution is 5.08. The fourth-order valence-electron chi connectivity index (χ4n) is 10.2. The highest BCUT2D eigenvalue weighted by atomic mass is 15.6. The number of fused-ring (bicyclic) bond motifs is 3. The number of nitriles is 1. The Bertz CT molecular complexity index is 824. The second-order valence-electron chi connectivity index (χ2n) is 14.9. The summed E-state index contributed by atoms with van der Waals surface area (Å²) < 4.78 is 0. The number of hydrogen-bond donors (Lipinski definition) is 4. The average Bonchev–Trinajstić information content (AvgIpc) is 3.30. The van der Waals surface area contributed by atoms with Crippen molar-refractivity contribution in [1.82, 2.24) is 26.4 Å². The molecule has 6 nitrogen and oxygen atoms in total. The van der Waals surface area contributed by atoms with Crippen molar-refractivity contribution in [2.45, 2.75) is 128 Å². The van der Waals surface area contributed by atoms with Crippen molar-refractivity contribution in [2.75, 3.05) is 26.7 Å². The van der Waals surface area contributed by atoms with Gasteiger partial charge in [-0.3, -0.25) is 5.43 Å². The van der Waals surface area contributed by atoms with E-state index in [1.165, 1.54) is 96.6 Å². The fourth-order valence-corrected chi connectivity index (χ4v) is 10.2. The number of rotatable bonds is 5. The van der Waals surface area contributed by atoms with E-state index >= 15 is 0 Å². The lowest BCUT2D eigenvalue weighted by Gasteiger charge is -2.50. The van der Waals surface area contributed by atoms with Crippen LogP contribution >= 0.6 is 0 Å². The molecule has 4 N–H and O–H groups in total. The third-order valence-electron chi connectivity index (χ3n) is 12.5. The molecule has 0 radical (unpaired) electrons. The van der Waals surface area contributed by atoms with Crippen LogP contribution in [0.15, 0.2) is 0 Å². The Morgan fingerprint density at radius 1 is 0.842 bits per heavy atom. The second kappa shape index (κ2) is 11.6. The molecule has 214 valence electrons. The van der Waals surface area contributed by atoms with Gasteiger partial charge in [-0.1, -0.05) is 12.8 Å². The van der Waals surface area contributed by atoms with E-state index in [4.69, 9.17) is 0 Å². The van der Waals surface area contributed by atoms with Crippen LogP contribution in [0.1, 0.15) is 97.3 Å². The molecule has 3 aliphatic heterocycles. The van der Waals surface area contributed by atoms with E-state index < -0.39 is 0 Å². The number of nitrogens with zero attached hydrogens (tertiary/aromatic N) is 2. The molecule has 3 heterocycles. The summed E-state index contributed by atoms with van der Waals surface area (Å²) >= 11 is 0. The Kier molecular flexibility index (Phi) is 8.42. The van der Waals surface area contributed by atoms with Crippen molar-refractivity contribution < 1.29 is 0 Å². The van der Waals surface area contributed by atoms with E-state index in [-0.39, 0.29) is 5.41 Å². The second-order valence-corrected chi connectivity index (χ2v) is 14.9. The van der Waals surface area contributed by atoms with Crippen molar-refractivity contribution >= 4 is 0 Å². The molecule has 0 spiro atoms. The summed E-state index contributed by atoms with van der Waals surface area (Å²) in [7, 11) is 2.31. The maximum atomic E-state index is 9.69. The zero-order valence-corrected chi connectivity index (χ0v) is 24.6. The summed E-state index contributed by atoms with van der Waals surface area (Å²) in [4.78, 5) is 0. The first-order valence-corrected chi connectivity index (χ1v) is 16.5. The van der Waals surface area contributed by atoms with Gasteiger partial charge in [0.2, 0.25) is 0 Å². The topological polar surface area (TPSA) is 75.2 Å². The zero-order valence-electron chi connectivity index (χ0n) is 24.6. The number of likely N-dealkylation sites (N-methyl/N-ethyl adjacent to an activating group) is 1. The highest BCUT2D eigenvalue weighted by Gasteiger charge is 2.53. The summed E-state index contributed by atoms with van der Waals surface area (Å²) in [5.41, 5.74) is 3.85. The van der Waals surface area contributed by atoms with Gasteiger partial charge in [-0.05, 0) is 133 Å². The van der Waals surface area contributed by atoms with Gasteiger partial charge in [0, 0.05) is 43.8 Å². The molecule has 0 aromatic rings. The Hall–Kier alpha value is -0.710. The lowest BCUT2D eigenvalue weighted by atomic mass is 9.59. The van der Waals surface area contributed by atoms with Gasteiger partial charge < -0.3 is 16.0 Å². The third-order valence-corrected chi connectivity index (χ3v) is 12.5. The van der Waals surface area contributed by atoms with Crippen molar-refractivity contribution in [2.24, 2.45) is 40.9 Å². The number of nitrogens with one attached hydrogen (secondary N) is 4. The van der Waals surface area contributed by atoms with Crippen molar-refractivity contribution in [3.05, 3.63) is 0 Å². The van der Waals surface area contributed by atoms with Gasteiger partial charge in [-0.25, -0.2) is 5.01 Å². The summed E-state index contributed by atoms with van der Waals surface area (Å²) in [6, 6.07) is 6.10. The normalized spacial score (nSPS) is 45.2. The standard InChI is InChI=1S/C32H56N6/c1-32(2,20-33)24-10-7-21(8-11-24)31-30-27-18-23(9-12-28(27)35-19-29(30)38(3)37-31)22-5-4-6-26(17-22)36-25-13-15-34-16-14-25/h21-31,34-37H,4-19H2,1-3H3. The molecular weight excluding hydrogens is 468 g/mol. The van der Waals surface area contributed by atoms with Gasteiger partial charge >= 0.3 is 0 Å². The Labute approximate surface area is 232 Å². The van der Waals surface area contributed by atoms with Gasteiger partial charge in [0.05, 0.1) is 11.5 Å². The van der Waals surface area contributed by atoms with E-state index in [0.29, 0.717) is 18.0 Å². The summed E-state index contributed by atoms with van der Waals surface area (Å²) in [5.74, 6) is 4.79. The van der Waals surface area contributed by atoms with Gasteiger partial charge in [0.1, 0.15) is 0 Å². The molecule has 3 saturated heterocycles. The fraction of sp³-hybridized carbons (Fsp3) is 0.969. The van der Waals surface area contributed by atoms with Crippen molar-refractivity contribution in [3.63, 3.8) is 0 Å². The van der Waals surface area contributed by atoms with E-state index in [9.17, 15) is 5.26 Å². The molecule has 6 heteroatoms. The van der Waals surface area contributed by atoms with Gasteiger partial charge in [0.15, 0.2) is 0 Å². The van der Waals surface area contributed by atoms with Crippen LogP contribution in [-0.2, 0) is 0 Å². The maximum absolute atomic E-state index is 9.69. The predicted octanol–water partition coefficient (Wildman–Crippen LogP) is 4.43. The maximum Gasteiger partial charge on any atom is 0.0686 e. The van der Waals surface area contributed by atoms with Crippen LogP contribution in [0.2, 0.25) is 0 Å². The minimum absolute atomic E-state index is 0.176. The molecule has 6 fully saturated rings. The minimum Gasteiger partial charge on any atom is -0.317 e. The highest BCUT2D eigenvalue weighted by Crippen LogP contribution is 2.50. The van der Waals surface area contributed by atoms with Crippen LogP contribution in [0.3, 0.4) is 0 Å². The largest absolute Gasteiger partial charge is 0.317 e. The molecule has 0 amide bonds. The van der Waals surface area contributed by atoms with Crippen molar-refractivity contribution in [1.29, 1.82) is 5.26 Å². The number of piperidine rings is 2. The monoisotopic (exact) mass is 524 g/mol. The molecule has 6 rings (SSSR count). The first kappa shape index (κ1) is 27.5. The third kappa shape index (κ3) is 5.57. The molecule has 0 aromatic heterocycles. The first-order chi connectivity index (χ1) is 18.4. The molecule has 38 heavy (non-hydrogen) atoms. The minimum atomic E-state index is -0.176. The average molecular weight is 525 g/mol. The van der Waals surface area contributed by atoms with Crippen molar-refractivity contribution in [3.8, 4) is 6.07 Å². The molecule has 3 aliphatic carbocycles. The van der Waals surface area contributed by atoms with Crippen LogP contribution < -0.4 is 21.4 Å². The lowest BCUT2D eigenvalue weighted by molar-refractivity contribution is 0.0337. The quantitative estimate of drug-likeness (QED) is 0.426. The van der Waals surface area contributed by atoms with E-state index in [1.807, 2.05) is 0 Å². The van der Waals surface area contributed by atoms with Crippen LogP contribution in [0.25, 0.3) is 0 Å².